The van der Waals surface area contributed by atoms with Crippen LogP contribution >= 0.6 is 34.5 Å². The van der Waals surface area contributed by atoms with Crippen LogP contribution in [0.3, 0.4) is 0 Å². The molecular formula is C17H9Cl2FN2S. The molecule has 1 N–H and O–H groups in total. The predicted octanol–water partition coefficient (Wildman–Crippen LogP) is 6.40. The number of thiophene rings is 1. The largest absolute Gasteiger partial charge is 0.345 e. The molecule has 23 heavy (non-hydrogen) atoms. The van der Waals surface area contributed by atoms with Crippen molar-refractivity contribution in [3.05, 3.63) is 63.3 Å². The molecule has 0 atom stereocenters. The van der Waals surface area contributed by atoms with Crippen molar-refractivity contribution >= 4 is 45.6 Å². The minimum atomic E-state index is -0.364. The smallest absolute Gasteiger partial charge is 0.138 e. The fraction of sp³-hybridized carbons (Fsp3) is 0. The first-order chi connectivity index (χ1) is 11.1. The molecule has 0 aliphatic carbocycles. The van der Waals surface area contributed by atoms with Gasteiger partial charge in [0.05, 0.1) is 4.34 Å². The van der Waals surface area contributed by atoms with Crippen molar-refractivity contribution in [2.45, 2.75) is 0 Å². The highest BCUT2D eigenvalue weighted by Crippen LogP contribution is 2.39. The number of halogens is 3. The standard InChI is InChI=1S/C17H9Cl2FN2S/c18-10-1-2-12(14(20)6-10)13-7-22-17-16(13)11(3-4-21-17)9-5-15(19)23-8-9/h1-8H,(H,21,22). The van der Waals surface area contributed by atoms with Crippen LogP contribution in [0.25, 0.3) is 33.3 Å². The second-order valence-corrected chi connectivity index (χ2v) is 7.03. The van der Waals surface area contributed by atoms with Gasteiger partial charge in [-0.3, -0.25) is 0 Å². The lowest BCUT2D eigenvalue weighted by atomic mass is 9.99. The Morgan fingerprint density at radius 2 is 1.91 bits per heavy atom. The van der Waals surface area contributed by atoms with E-state index in [-0.39, 0.29) is 5.82 Å². The molecule has 4 rings (SSSR count). The quantitative estimate of drug-likeness (QED) is 0.438. The van der Waals surface area contributed by atoms with Crippen LogP contribution in [-0.2, 0) is 0 Å². The van der Waals surface area contributed by atoms with Crippen LogP contribution in [0.5, 0.6) is 0 Å². The number of benzene rings is 1. The molecule has 0 radical (unpaired) electrons. The molecule has 1 aromatic carbocycles. The zero-order valence-electron chi connectivity index (χ0n) is 11.6. The molecule has 0 amide bonds. The number of fused-ring (bicyclic) bond motifs is 1. The number of aromatic nitrogens is 2. The Kier molecular flexibility index (Phi) is 3.60. The van der Waals surface area contributed by atoms with Gasteiger partial charge < -0.3 is 4.98 Å². The van der Waals surface area contributed by atoms with Gasteiger partial charge in [-0.1, -0.05) is 23.2 Å². The molecule has 2 nitrogen and oxygen atoms in total. The summed E-state index contributed by atoms with van der Waals surface area (Å²) < 4.78 is 15.1. The summed E-state index contributed by atoms with van der Waals surface area (Å²) in [4.78, 5) is 7.44. The summed E-state index contributed by atoms with van der Waals surface area (Å²) in [7, 11) is 0. The number of nitrogens with one attached hydrogen (secondary N) is 1. The van der Waals surface area contributed by atoms with Gasteiger partial charge in [0.2, 0.25) is 0 Å². The fourth-order valence-corrected chi connectivity index (χ4v) is 3.71. The maximum Gasteiger partial charge on any atom is 0.138 e. The van der Waals surface area contributed by atoms with E-state index in [1.807, 2.05) is 17.5 Å². The normalized spacial score (nSPS) is 11.3. The maximum absolute atomic E-state index is 14.3. The molecule has 4 aromatic rings. The van der Waals surface area contributed by atoms with Crippen molar-refractivity contribution in [2.24, 2.45) is 0 Å². The minimum absolute atomic E-state index is 0.364. The molecule has 0 fully saturated rings. The number of rotatable bonds is 2. The number of pyridine rings is 1. The average Bonchev–Trinajstić information content (AvgIpc) is 3.13. The van der Waals surface area contributed by atoms with Gasteiger partial charge in [-0.15, -0.1) is 11.3 Å². The Hall–Kier alpha value is -1.88. The lowest BCUT2D eigenvalue weighted by molar-refractivity contribution is 0.631. The fourth-order valence-electron chi connectivity index (χ4n) is 2.67. The molecule has 0 spiro atoms. The van der Waals surface area contributed by atoms with Crippen LogP contribution in [0, 0.1) is 5.82 Å². The molecule has 0 saturated heterocycles. The van der Waals surface area contributed by atoms with Gasteiger partial charge in [0.25, 0.3) is 0 Å². The Bertz CT molecular complexity index is 1020. The molecule has 6 heteroatoms. The third-order valence-corrected chi connectivity index (χ3v) is 5.00. The van der Waals surface area contributed by atoms with Gasteiger partial charge in [0, 0.05) is 39.3 Å². The van der Waals surface area contributed by atoms with Crippen LogP contribution in [-0.4, -0.2) is 9.97 Å². The van der Waals surface area contributed by atoms with Gasteiger partial charge >= 0.3 is 0 Å². The summed E-state index contributed by atoms with van der Waals surface area (Å²) in [5, 5.41) is 3.21. The molecule has 3 aromatic heterocycles. The van der Waals surface area contributed by atoms with Crippen molar-refractivity contribution in [3.8, 4) is 22.3 Å². The van der Waals surface area contributed by atoms with E-state index in [0.29, 0.717) is 20.6 Å². The number of hydrogen-bond acceptors (Lipinski definition) is 2. The van der Waals surface area contributed by atoms with Crippen molar-refractivity contribution in [3.63, 3.8) is 0 Å². The molecular weight excluding hydrogens is 354 g/mol. The van der Waals surface area contributed by atoms with E-state index in [1.54, 1.807) is 24.5 Å². The molecule has 0 bridgehead atoms. The highest BCUT2D eigenvalue weighted by atomic mass is 35.5. The Labute approximate surface area is 145 Å². The number of hydrogen-bond donors (Lipinski definition) is 1. The van der Waals surface area contributed by atoms with Crippen LogP contribution in [0.4, 0.5) is 4.39 Å². The molecule has 114 valence electrons. The van der Waals surface area contributed by atoms with E-state index in [1.165, 1.54) is 17.4 Å². The topological polar surface area (TPSA) is 28.7 Å². The Morgan fingerprint density at radius 1 is 1.04 bits per heavy atom. The number of H-pyrrole nitrogens is 1. The Morgan fingerprint density at radius 3 is 2.65 bits per heavy atom. The van der Waals surface area contributed by atoms with Crippen molar-refractivity contribution in [2.75, 3.05) is 0 Å². The first-order valence-electron chi connectivity index (χ1n) is 6.79. The van der Waals surface area contributed by atoms with Crippen LogP contribution in [0.15, 0.2) is 48.1 Å². The number of aromatic amines is 1. The van der Waals surface area contributed by atoms with Crippen LogP contribution in [0.1, 0.15) is 0 Å². The van der Waals surface area contributed by atoms with Gasteiger partial charge in [-0.05, 0) is 41.5 Å². The summed E-state index contributed by atoms with van der Waals surface area (Å²) in [6, 6.07) is 8.48. The van der Waals surface area contributed by atoms with Crippen LogP contribution in [0.2, 0.25) is 9.36 Å². The Balaban J connectivity index is 2.02. The second-order valence-electron chi connectivity index (χ2n) is 5.05. The molecule has 0 unspecified atom stereocenters. The van der Waals surface area contributed by atoms with E-state index in [4.69, 9.17) is 23.2 Å². The SMILES string of the molecule is Fc1cc(Cl)ccc1-c1c[nH]c2nccc(-c3csc(Cl)c3)c12. The van der Waals surface area contributed by atoms with Crippen LogP contribution < -0.4 is 0 Å². The monoisotopic (exact) mass is 362 g/mol. The first kappa shape index (κ1) is 14.7. The highest BCUT2D eigenvalue weighted by Gasteiger charge is 2.16. The summed E-state index contributed by atoms with van der Waals surface area (Å²) >= 11 is 13.4. The van der Waals surface area contributed by atoms with Gasteiger partial charge in [-0.2, -0.15) is 0 Å². The predicted molar refractivity (Wildman–Crippen MR) is 94.8 cm³/mol. The second kappa shape index (κ2) is 5.64. The minimum Gasteiger partial charge on any atom is -0.345 e. The first-order valence-corrected chi connectivity index (χ1v) is 8.43. The molecule has 0 saturated carbocycles. The molecule has 0 aliphatic heterocycles. The summed E-state index contributed by atoms with van der Waals surface area (Å²) in [5.74, 6) is -0.364. The van der Waals surface area contributed by atoms with Crippen molar-refractivity contribution < 1.29 is 4.39 Å². The van der Waals surface area contributed by atoms with Crippen molar-refractivity contribution in [1.29, 1.82) is 0 Å². The van der Waals surface area contributed by atoms with E-state index in [0.717, 1.165) is 22.1 Å². The van der Waals surface area contributed by atoms with E-state index in [2.05, 4.69) is 9.97 Å². The summed E-state index contributed by atoms with van der Waals surface area (Å²) in [6.45, 7) is 0. The third-order valence-electron chi connectivity index (χ3n) is 3.67. The van der Waals surface area contributed by atoms with Gasteiger partial charge in [-0.25, -0.2) is 9.37 Å². The number of nitrogens with zero attached hydrogens (tertiary/aromatic N) is 1. The zero-order valence-corrected chi connectivity index (χ0v) is 13.9. The maximum atomic E-state index is 14.3. The highest BCUT2D eigenvalue weighted by molar-refractivity contribution is 7.14. The van der Waals surface area contributed by atoms with Gasteiger partial charge in [0.15, 0.2) is 0 Å². The average molecular weight is 363 g/mol. The van der Waals surface area contributed by atoms with E-state index in [9.17, 15) is 4.39 Å². The van der Waals surface area contributed by atoms with Crippen molar-refractivity contribution in [1.82, 2.24) is 9.97 Å². The summed E-state index contributed by atoms with van der Waals surface area (Å²) in [5.41, 5.74) is 3.89. The van der Waals surface area contributed by atoms with Gasteiger partial charge in [0.1, 0.15) is 11.5 Å². The lowest BCUT2D eigenvalue weighted by Gasteiger charge is -2.06. The van der Waals surface area contributed by atoms with E-state index >= 15 is 0 Å². The summed E-state index contributed by atoms with van der Waals surface area (Å²) in [6.07, 6.45) is 3.49. The molecule has 3 heterocycles. The zero-order chi connectivity index (χ0) is 16.0. The third kappa shape index (κ3) is 2.53. The molecule has 0 aliphatic rings. The lowest BCUT2D eigenvalue weighted by Crippen LogP contribution is -1.86. The van der Waals surface area contributed by atoms with E-state index < -0.39 is 0 Å².